The summed E-state index contributed by atoms with van der Waals surface area (Å²) >= 11 is 3.35. The number of nitrogens with one attached hydrogen (secondary N) is 1. The Morgan fingerprint density at radius 2 is 2.22 bits per heavy atom. The molecule has 0 radical (unpaired) electrons. The lowest BCUT2D eigenvalue weighted by atomic mass is 10.0. The van der Waals surface area contributed by atoms with Gasteiger partial charge in [0.1, 0.15) is 5.82 Å². The minimum atomic E-state index is -0.189. The van der Waals surface area contributed by atoms with Crippen LogP contribution < -0.4 is 5.32 Å². The van der Waals surface area contributed by atoms with Crippen LogP contribution in [0.4, 0.5) is 4.39 Å². The molecule has 0 saturated carbocycles. The van der Waals surface area contributed by atoms with Crippen molar-refractivity contribution in [3.63, 3.8) is 0 Å². The Kier molecular flexibility index (Phi) is 7.21. The third kappa shape index (κ3) is 5.32. The molecule has 0 aliphatic carbocycles. The van der Waals surface area contributed by atoms with Crippen LogP contribution in [0.2, 0.25) is 0 Å². The molecule has 0 aromatic heterocycles. The van der Waals surface area contributed by atoms with Gasteiger partial charge in [0.25, 0.3) is 0 Å². The van der Waals surface area contributed by atoms with Crippen molar-refractivity contribution in [2.75, 3.05) is 6.54 Å². The van der Waals surface area contributed by atoms with Crippen LogP contribution in [0, 0.1) is 5.82 Å². The molecule has 18 heavy (non-hydrogen) atoms. The lowest BCUT2D eigenvalue weighted by Crippen LogP contribution is -2.22. The molecule has 0 bridgehead atoms. The molecule has 0 heterocycles. The Balaban J connectivity index is 2.75. The summed E-state index contributed by atoms with van der Waals surface area (Å²) in [5.74, 6) is -0.189. The van der Waals surface area contributed by atoms with E-state index >= 15 is 0 Å². The normalized spacial score (nSPS) is 12.4. The Morgan fingerprint density at radius 1 is 1.44 bits per heavy atom. The van der Waals surface area contributed by atoms with Gasteiger partial charge in [-0.15, -0.1) is 6.58 Å². The molecule has 1 aromatic rings. The third-order valence-electron chi connectivity index (χ3n) is 2.83. The second-order valence-corrected chi connectivity index (χ2v) is 5.34. The highest BCUT2D eigenvalue weighted by molar-refractivity contribution is 9.10. The Morgan fingerprint density at radius 3 is 2.83 bits per heavy atom. The predicted octanol–water partition coefficient (Wildman–Crippen LogP) is 4.99. The van der Waals surface area contributed by atoms with Crippen molar-refractivity contribution in [1.29, 1.82) is 0 Å². The molecule has 100 valence electrons. The van der Waals surface area contributed by atoms with Gasteiger partial charge in [-0.25, -0.2) is 4.39 Å². The van der Waals surface area contributed by atoms with Gasteiger partial charge in [0.15, 0.2) is 0 Å². The summed E-state index contributed by atoms with van der Waals surface area (Å²) in [5.41, 5.74) is 1.01. The molecule has 1 nitrogen and oxygen atoms in total. The highest BCUT2D eigenvalue weighted by Gasteiger charge is 2.11. The van der Waals surface area contributed by atoms with Crippen LogP contribution in [0.3, 0.4) is 0 Å². The van der Waals surface area contributed by atoms with Gasteiger partial charge >= 0.3 is 0 Å². The van der Waals surface area contributed by atoms with Crippen molar-refractivity contribution < 1.29 is 4.39 Å². The summed E-state index contributed by atoms with van der Waals surface area (Å²) in [6, 6.07) is 5.32. The average molecular weight is 314 g/mol. The van der Waals surface area contributed by atoms with E-state index in [4.69, 9.17) is 0 Å². The number of benzene rings is 1. The Labute approximate surface area is 118 Å². The molecule has 0 spiro atoms. The van der Waals surface area contributed by atoms with Crippen LogP contribution in [0.25, 0.3) is 0 Å². The largest absolute Gasteiger partial charge is 0.310 e. The average Bonchev–Trinajstić information content (AvgIpc) is 2.32. The van der Waals surface area contributed by atoms with Crippen molar-refractivity contribution in [1.82, 2.24) is 5.32 Å². The van der Waals surface area contributed by atoms with Crippen LogP contribution in [-0.4, -0.2) is 6.54 Å². The number of allylic oxidation sites excluding steroid dienone is 1. The SMILES string of the molecule is C=CCCCC(NCCC)c1cc(F)cc(Br)c1. The minimum Gasteiger partial charge on any atom is -0.310 e. The fourth-order valence-corrected chi connectivity index (χ4v) is 2.43. The first-order valence-electron chi connectivity index (χ1n) is 6.47. The molecule has 0 fully saturated rings. The molecule has 1 rings (SSSR count). The molecule has 0 aliphatic heterocycles. The minimum absolute atomic E-state index is 0.189. The second-order valence-electron chi connectivity index (χ2n) is 4.43. The maximum absolute atomic E-state index is 13.4. The van der Waals surface area contributed by atoms with Gasteiger partial charge in [0, 0.05) is 10.5 Å². The van der Waals surface area contributed by atoms with Crippen molar-refractivity contribution in [3.8, 4) is 0 Å². The van der Waals surface area contributed by atoms with E-state index in [0.29, 0.717) is 0 Å². The summed E-state index contributed by atoms with van der Waals surface area (Å²) in [5, 5.41) is 3.48. The zero-order valence-corrected chi connectivity index (χ0v) is 12.5. The van der Waals surface area contributed by atoms with Crippen LogP contribution >= 0.6 is 15.9 Å². The van der Waals surface area contributed by atoms with Crippen LogP contribution in [0.1, 0.15) is 44.2 Å². The maximum Gasteiger partial charge on any atom is 0.124 e. The lowest BCUT2D eigenvalue weighted by Gasteiger charge is -2.19. The summed E-state index contributed by atoms with van der Waals surface area (Å²) in [6.45, 7) is 6.82. The van der Waals surface area contributed by atoms with E-state index in [-0.39, 0.29) is 11.9 Å². The first-order chi connectivity index (χ1) is 8.67. The first-order valence-corrected chi connectivity index (χ1v) is 7.27. The van der Waals surface area contributed by atoms with Crippen LogP contribution in [0.5, 0.6) is 0 Å². The Bertz CT molecular complexity index is 359. The summed E-state index contributed by atoms with van der Waals surface area (Å²) in [7, 11) is 0. The molecule has 1 unspecified atom stereocenters. The van der Waals surface area contributed by atoms with Crippen molar-refractivity contribution >= 4 is 15.9 Å². The van der Waals surface area contributed by atoms with Crippen molar-refractivity contribution in [2.24, 2.45) is 0 Å². The lowest BCUT2D eigenvalue weighted by molar-refractivity contribution is 0.483. The van der Waals surface area contributed by atoms with Gasteiger partial charge in [-0.1, -0.05) is 28.9 Å². The maximum atomic E-state index is 13.4. The van der Waals surface area contributed by atoms with Gasteiger partial charge < -0.3 is 5.32 Å². The number of hydrogen-bond donors (Lipinski definition) is 1. The van der Waals surface area contributed by atoms with Crippen LogP contribution in [-0.2, 0) is 0 Å². The predicted molar refractivity (Wildman–Crippen MR) is 79.2 cm³/mol. The van der Waals surface area contributed by atoms with Gasteiger partial charge in [0.05, 0.1) is 0 Å². The zero-order chi connectivity index (χ0) is 13.4. The fourth-order valence-electron chi connectivity index (χ4n) is 1.95. The molecular formula is C15H21BrFN. The van der Waals surface area contributed by atoms with E-state index in [2.05, 4.69) is 34.7 Å². The zero-order valence-electron chi connectivity index (χ0n) is 10.9. The second kappa shape index (κ2) is 8.44. The monoisotopic (exact) mass is 313 g/mol. The van der Waals surface area contributed by atoms with Gasteiger partial charge in [-0.2, -0.15) is 0 Å². The van der Waals surface area contributed by atoms with E-state index in [0.717, 1.165) is 42.3 Å². The van der Waals surface area contributed by atoms with Crippen molar-refractivity contribution in [3.05, 3.63) is 46.7 Å². The molecular weight excluding hydrogens is 293 g/mol. The molecule has 1 N–H and O–H groups in total. The Hall–Kier alpha value is -0.670. The van der Waals surface area contributed by atoms with Gasteiger partial charge in [-0.05, 0) is 56.0 Å². The number of halogens is 2. The highest BCUT2D eigenvalue weighted by Crippen LogP contribution is 2.24. The quantitative estimate of drug-likeness (QED) is 0.527. The van der Waals surface area contributed by atoms with E-state index in [1.807, 2.05) is 12.1 Å². The number of unbranched alkanes of at least 4 members (excludes halogenated alkanes) is 1. The van der Waals surface area contributed by atoms with Gasteiger partial charge in [0.2, 0.25) is 0 Å². The molecule has 1 atom stereocenters. The molecule has 0 aliphatic rings. The van der Waals surface area contributed by atoms with Crippen molar-refractivity contribution in [2.45, 2.75) is 38.6 Å². The standard InChI is InChI=1S/C15H21BrFN/c1-3-5-6-7-15(18-8-4-2)12-9-13(16)11-14(17)10-12/h3,9-11,15,18H,1,4-8H2,2H3. The molecule has 1 aromatic carbocycles. The highest BCUT2D eigenvalue weighted by atomic mass is 79.9. The third-order valence-corrected chi connectivity index (χ3v) is 3.29. The van der Waals surface area contributed by atoms with E-state index in [9.17, 15) is 4.39 Å². The number of rotatable bonds is 8. The first kappa shape index (κ1) is 15.4. The van der Waals surface area contributed by atoms with E-state index in [1.165, 1.54) is 6.07 Å². The van der Waals surface area contributed by atoms with Gasteiger partial charge in [-0.3, -0.25) is 0 Å². The summed E-state index contributed by atoms with van der Waals surface area (Å²) < 4.78 is 14.2. The smallest absolute Gasteiger partial charge is 0.124 e. The van der Waals surface area contributed by atoms with E-state index < -0.39 is 0 Å². The van der Waals surface area contributed by atoms with E-state index in [1.54, 1.807) is 6.07 Å². The molecule has 0 saturated heterocycles. The number of hydrogen-bond acceptors (Lipinski definition) is 1. The fraction of sp³-hybridized carbons (Fsp3) is 0.467. The molecule has 3 heteroatoms. The summed E-state index contributed by atoms with van der Waals surface area (Å²) in [4.78, 5) is 0. The topological polar surface area (TPSA) is 12.0 Å². The molecule has 0 amide bonds. The van der Waals surface area contributed by atoms with Crippen LogP contribution in [0.15, 0.2) is 35.3 Å². The summed E-state index contributed by atoms with van der Waals surface area (Å²) in [6.07, 6.45) is 6.08.